The molecule has 2 aromatic rings. The first-order valence-electron chi connectivity index (χ1n) is 4.46. The molecule has 2 N–H and O–H groups in total. The summed E-state index contributed by atoms with van der Waals surface area (Å²) in [4.78, 5) is 10.6. The summed E-state index contributed by atoms with van der Waals surface area (Å²) in [5, 5.41) is 7.14. The second-order valence-corrected chi connectivity index (χ2v) is 2.99. The summed E-state index contributed by atoms with van der Waals surface area (Å²) in [5.74, 6) is 0.680. The second kappa shape index (κ2) is 4.05. The van der Waals surface area contributed by atoms with Gasteiger partial charge in [0.05, 0.1) is 0 Å². The van der Waals surface area contributed by atoms with Gasteiger partial charge in [-0.3, -0.25) is 4.79 Å². The van der Waals surface area contributed by atoms with Crippen LogP contribution in [0.25, 0.3) is 11.7 Å². The number of aromatic nitrogens is 2. The second-order valence-electron chi connectivity index (χ2n) is 2.99. The van der Waals surface area contributed by atoms with Crippen LogP contribution < -0.4 is 5.73 Å². The van der Waals surface area contributed by atoms with Gasteiger partial charge in [0.25, 0.3) is 5.89 Å². The lowest BCUT2D eigenvalue weighted by Crippen LogP contribution is -1.97. The summed E-state index contributed by atoms with van der Waals surface area (Å²) in [5.41, 5.74) is 5.27. The van der Waals surface area contributed by atoms with Gasteiger partial charge < -0.3 is 19.3 Å². The van der Waals surface area contributed by atoms with Crippen molar-refractivity contribution in [1.29, 1.82) is 0 Å². The first kappa shape index (κ1) is 10.2. The van der Waals surface area contributed by atoms with Gasteiger partial charge in [0.15, 0.2) is 5.76 Å². The maximum absolute atomic E-state index is 10.6. The molecule has 84 valence electrons. The van der Waals surface area contributed by atoms with Crippen molar-refractivity contribution in [2.24, 2.45) is 0 Å². The summed E-state index contributed by atoms with van der Waals surface area (Å²) in [7, 11) is 0. The zero-order chi connectivity index (χ0) is 11.5. The summed E-state index contributed by atoms with van der Waals surface area (Å²) in [6.45, 7) is 1.39. The monoisotopic (exact) mass is 223 g/mol. The molecule has 0 aliphatic heterocycles. The Hall–Kier alpha value is -2.31. The third-order valence-corrected chi connectivity index (χ3v) is 1.73. The molecule has 0 spiro atoms. The molecule has 0 aliphatic carbocycles. The number of hydrogen-bond donors (Lipinski definition) is 1. The van der Waals surface area contributed by atoms with Crippen LogP contribution in [-0.4, -0.2) is 16.2 Å². The Balaban J connectivity index is 2.10. The van der Waals surface area contributed by atoms with E-state index in [1.165, 1.54) is 6.92 Å². The quantitative estimate of drug-likeness (QED) is 0.773. The third-order valence-electron chi connectivity index (χ3n) is 1.73. The van der Waals surface area contributed by atoms with Gasteiger partial charge in [0.2, 0.25) is 0 Å². The zero-order valence-corrected chi connectivity index (χ0v) is 8.47. The van der Waals surface area contributed by atoms with Gasteiger partial charge in [-0.05, 0) is 12.1 Å². The number of rotatable bonds is 3. The highest BCUT2D eigenvalue weighted by Crippen LogP contribution is 2.21. The van der Waals surface area contributed by atoms with Crippen LogP contribution in [0.15, 0.2) is 21.0 Å². The molecule has 0 amide bonds. The molecular formula is C9H9N3O4. The van der Waals surface area contributed by atoms with Crippen LogP contribution in [0.2, 0.25) is 0 Å². The number of nitrogens with two attached hydrogens (primary N) is 1. The number of ether oxygens (including phenoxy) is 1. The predicted octanol–water partition coefficient (Wildman–Crippen LogP) is 0.975. The highest BCUT2D eigenvalue weighted by atomic mass is 16.5. The van der Waals surface area contributed by atoms with Crippen LogP contribution in [0.5, 0.6) is 0 Å². The number of nitrogen functional groups attached to an aromatic ring is 1. The fraction of sp³-hybridized carbons (Fsp3) is 0.222. The molecule has 0 radical (unpaired) electrons. The van der Waals surface area contributed by atoms with Gasteiger partial charge in [-0.25, -0.2) is 0 Å². The van der Waals surface area contributed by atoms with Crippen LogP contribution in [0.1, 0.15) is 12.7 Å². The van der Waals surface area contributed by atoms with Crippen LogP contribution in [0.3, 0.4) is 0 Å². The van der Waals surface area contributed by atoms with Crippen LogP contribution >= 0.6 is 0 Å². The van der Waals surface area contributed by atoms with Crippen molar-refractivity contribution >= 4 is 12.0 Å². The Kier molecular flexibility index (Phi) is 2.59. The molecule has 16 heavy (non-hydrogen) atoms. The van der Waals surface area contributed by atoms with Crippen molar-refractivity contribution in [3.63, 3.8) is 0 Å². The van der Waals surface area contributed by atoms with E-state index in [1.54, 1.807) is 12.1 Å². The molecule has 0 unspecified atom stereocenters. The zero-order valence-electron chi connectivity index (χ0n) is 8.47. The van der Waals surface area contributed by atoms with Crippen molar-refractivity contribution in [2.45, 2.75) is 13.5 Å². The van der Waals surface area contributed by atoms with Crippen LogP contribution in [0.4, 0.5) is 6.01 Å². The first-order chi connectivity index (χ1) is 7.65. The summed E-state index contributed by atoms with van der Waals surface area (Å²) in [6.07, 6.45) is 0. The largest absolute Gasteiger partial charge is 0.458 e. The predicted molar refractivity (Wildman–Crippen MR) is 51.9 cm³/mol. The molecule has 0 saturated carbocycles. The smallest absolute Gasteiger partial charge is 0.313 e. The van der Waals surface area contributed by atoms with Crippen LogP contribution in [0, 0.1) is 0 Å². The minimum atomic E-state index is -0.375. The van der Waals surface area contributed by atoms with Crippen molar-refractivity contribution in [3.05, 3.63) is 17.9 Å². The molecule has 0 aromatic carbocycles. The van der Waals surface area contributed by atoms with E-state index < -0.39 is 0 Å². The number of esters is 1. The Morgan fingerprint density at radius 3 is 2.88 bits per heavy atom. The molecule has 0 saturated heterocycles. The van der Waals surface area contributed by atoms with Gasteiger partial charge in [-0.15, -0.1) is 5.10 Å². The lowest BCUT2D eigenvalue weighted by Gasteiger charge is -1.96. The summed E-state index contributed by atoms with van der Waals surface area (Å²) >= 11 is 0. The number of carbonyl (C=O) groups is 1. The topological polar surface area (TPSA) is 104 Å². The molecule has 7 nitrogen and oxygen atoms in total. The van der Waals surface area contributed by atoms with E-state index in [1.807, 2.05) is 0 Å². The third kappa shape index (κ3) is 2.19. The average Bonchev–Trinajstić information content (AvgIpc) is 2.83. The molecule has 2 rings (SSSR count). The minimum Gasteiger partial charge on any atom is -0.458 e. The normalized spacial score (nSPS) is 10.3. The molecule has 7 heteroatoms. The standard InChI is InChI=1S/C9H9N3O4/c1-5(13)14-4-6-2-3-7(15-6)8-11-12-9(10)16-8/h2-3H,4H2,1H3,(H2,10,12). The molecule has 0 atom stereocenters. The van der Waals surface area contributed by atoms with Crippen molar-refractivity contribution in [3.8, 4) is 11.7 Å². The number of furan rings is 1. The molecule has 2 heterocycles. The van der Waals surface area contributed by atoms with Crippen molar-refractivity contribution in [2.75, 3.05) is 5.73 Å². The number of anilines is 1. The molecular weight excluding hydrogens is 214 g/mol. The summed E-state index contributed by atoms with van der Waals surface area (Å²) in [6, 6.07) is 3.25. The fourth-order valence-electron chi connectivity index (χ4n) is 1.08. The van der Waals surface area contributed by atoms with Gasteiger partial charge in [-0.1, -0.05) is 5.10 Å². The van der Waals surface area contributed by atoms with Crippen molar-refractivity contribution < 1.29 is 18.4 Å². The van der Waals surface area contributed by atoms with Gasteiger partial charge in [0, 0.05) is 6.92 Å². The summed E-state index contributed by atoms with van der Waals surface area (Å²) < 4.78 is 15.0. The maximum Gasteiger partial charge on any atom is 0.313 e. The molecule has 0 fully saturated rings. The van der Waals surface area contributed by atoms with E-state index in [4.69, 9.17) is 19.3 Å². The SMILES string of the molecule is CC(=O)OCc1ccc(-c2nnc(N)o2)o1. The average molecular weight is 223 g/mol. The number of nitrogens with zero attached hydrogens (tertiary/aromatic N) is 2. The Morgan fingerprint density at radius 1 is 1.44 bits per heavy atom. The van der Waals surface area contributed by atoms with Crippen LogP contribution in [-0.2, 0) is 16.1 Å². The minimum absolute atomic E-state index is 0.0343. The lowest BCUT2D eigenvalue weighted by molar-refractivity contribution is -0.142. The van der Waals surface area contributed by atoms with E-state index >= 15 is 0 Å². The highest BCUT2D eigenvalue weighted by Gasteiger charge is 2.11. The highest BCUT2D eigenvalue weighted by molar-refractivity contribution is 5.65. The molecule has 2 aromatic heterocycles. The fourth-order valence-corrected chi connectivity index (χ4v) is 1.08. The molecule has 0 bridgehead atoms. The molecule has 0 aliphatic rings. The number of carbonyl (C=O) groups excluding carboxylic acids is 1. The number of hydrogen-bond acceptors (Lipinski definition) is 7. The Bertz CT molecular complexity index is 502. The van der Waals surface area contributed by atoms with Gasteiger partial charge in [0.1, 0.15) is 12.4 Å². The van der Waals surface area contributed by atoms with E-state index in [0.29, 0.717) is 11.5 Å². The van der Waals surface area contributed by atoms with Crippen molar-refractivity contribution in [1.82, 2.24) is 10.2 Å². The van der Waals surface area contributed by atoms with E-state index in [-0.39, 0.29) is 24.5 Å². The van der Waals surface area contributed by atoms with Gasteiger partial charge in [-0.2, -0.15) is 0 Å². The van der Waals surface area contributed by atoms with E-state index in [9.17, 15) is 4.79 Å². The maximum atomic E-state index is 10.6. The van der Waals surface area contributed by atoms with Gasteiger partial charge >= 0.3 is 12.0 Å². The van der Waals surface area contributed by atoms with E-state index in [0.717, 1.165) is 0 Å². The van der Waals surface area contributed by atoms with E-state index in [2.05, 4.69) is 10.2 Å². The Labute approximate surface area is 90.2 Å². The Morgan fingerprint density at radius 2 is 2.25 bits per heavy atom. The lowest BCUT2D eigenvalue weighted by atomic mass is 10.4. The first-order valence-corrected chi connectivity index (χ1v) is 4.46.